The van der Waals surface area contributed by atoms with Crippen LogP contribution in [0.3, 0.4) is 0 Å². The van der Waals surface area contributed by atoms with Gasteiger partial charge in [0.05, 0.1) is 19.3 Å². The van der Waals surface area contributed by atoms with E-state index in [9.17, 15) is 62.6 Å². The van der Waals surface area contributed by atoms with Crippen molar-refractivity contribution in [1.29, 1.82) is 0 Å². The van der Waals surface area contributed by atoms with E-state index in [2.05, 4.69) is 26.3 Å². The fourth-order valence-electron chi connectivity index (χ4n) is 13.6. The van der Waals surface area contributed by atoms with Crippen LogP contribution < -0.4 is 21.3 Å². The third-order valence-corrected chi connectivity index (χ3v) is 21.1. The predicted molar refractivity (Wildman–Crippen MR) is 426 cm³/mol. The quantitative estimate of drug-likeness (QED) is 0.0373. The molecule has 0 saturated carbocycles. The first-order valence-electron chi connectivity index (χ1n) is 39.8. The molecule has 1 unspecified atom stereocenters. The lowest BCUT2D eigenvalue weighted by Gasteiger charge is -2.41. The number of likely N-dealkylation sites (N-methyl/N-ethyl adjacent to an activating group) is 7. The highest BCUT2D eigenvalue weighted by Gasteiger charge is 2.47. The summed E-state index contributed by atoms with van der Waals surface area (Å²) in [5, 5.41) is 23.1. The molecule has 111 heavy (non-hydrogen) atoms. The molecule has 5 N–H and O–H groups in total. The van der Waals surface area contributed by atoms with Crippen molar-refractivity contribution in [3.8, 4) is 0 Å². The number of nitrogens with one attached hydrogen (secondary N) is 4. The molecule has 2 saturated heterocycles. The first-order valence-corrected chi connectivity index (χ1v) is 39.8. The average Bonchev–Trinajstić information content (AvgIpc) is 1.00. The molecule has 0 aliphatic carbocycles. The Hall–Kier alpha value is -8.37. The minimum absolute atomic E-state index is 0.0229. The van der Waals surface area contributed by atoms with Crippen LogP contribution in [0.5, 0.6) is 0 Å². The van der Waals surface area contributed by atoms with Crippen LogP contribution >= 0.6 is 0 Å². The average molecular weight is 1560 g/mol. The SMILES string of the molecule is C/C=C/C[C@@H](C)[C@@H](O)[C@H]1C(=O)N[C@@H](CC)C(=O)N(C)CC(=O)N(C)[C@@H](CC(C)C)C(=O)N[C@@H](C(C)C)C(=O)N(C)[C@@H](CC(C)C)C(=O)N[C@@H](C)C(=O)N[C@H](C)C(=O)N(C)[C@@H](CC(C)C)C(=O)N(C)[C@@H](CC(C)C)C(=O)N(C)[C@@H](C(C)C)C(=O)N1C.CCC(C)(C)C(=O)C(=O)N1CCCC1C(=O)OCCCc1cccnc1. The monoisotopic (exact) mass is 1560 g/mol. The molecule has 2 fully saturated rings. The minimum Gasteiger partial charge on any atom is -0.464 e. The second-order valence-electron chi connectivity index (χ2n) is 33.4. The summed E-state index contributed by atoms with van der Waals surface area (Å²) in [4.78, 5) is 211. The molecule has 29 nitrogen and oxygen atoms in total. The maximum absolute atomic E-state index is 15.1. The number of aromatic nitrogens is 1. The second-order valence-corrected chi connectivity index (χ2v) is 33.4. The van der Waals surface area contributed by atoms with Crippen LogP contribution in [0.1, 0.15) is 208 Å². The van der Waals surface area contributed by atoms with E-state index in [4.69, 9.17) is 4.74 Å². The fraction of sp³-hybridized carbons (Fsp3) is 0.744. The van der Waals surface area contributed by atoms with Crippen LogP contribution in [-0.2, 0) is 78.3 Å². The summed E-state index contributed by atoms with van der Waals surface area (Å²) in [6.45, 7) is 35.4. The van der Waals surface area contributed by atoms with Gasteiger partial charge in [-0.1, -0.05) is 136 Å². The molecule has 12 amide bonds. The number of aliphatic hydroxyl groups is 1. The molecule has 29 heteroatoms. The van der Waals surface area contributed by atoms with Crippen molar-refractivity contribution in [2.75, 3.05) is 69.0 Å². The number of hydrogen-bond donors (Lipinski definition) is 5. The van der Waals surface area contributed by atoms with Gasteiger partial charge >= 0.3 is 5.97 Å². The number of esters is 1. The Labute approximate surface area is 662 Å². The number of likely N-dealkylation sites (tertiary alicyclic amines) is 1. The number of Topliss-reactive ketones (excluding diaryl/α,β-unsaturated/α-hetero) is 1. The molecule has 3 heterocycles. The van der Waals surface area contributed by atoms with Crippen LogP contribution in [0.15, 0.2) is 36.7 Å². The summed E-state index contributed by atoms with van der Waals surface area (Å²) in [6.07, 6.45) is 9.86. The van der Waals surface area contributed by atoms with E-state index in [0.29, 0.717) is 45.3 Å². The number of carbonyl (C=O) groups is 14. The van der Waals surface area contributed by atoms with Crippen molar-refractivity contribution in [2.45, 2.75) is 282 Å². The molecular weight excluding hydrogens is 1420 g/mol. The van der Waals surface area contributed by atoms with E-state index >= 15 is 9.59 Å². The van der Waals surface area contributed by atoms with Crippen molar-refractivity contribution in [3.05, 3.63) is 42.2 Å². The third kappa shape index (κ3) is 28.7. The number of pyridine rings is 1. The van der Waals surface area contributed by atoms with Crippen molar-refractivity contribution in [1.82, 2.24) is 65.5 Å². The highest BCUT2D eigenvalue weighted by Crippen LogP contribution is 2.29. The van der Waals surface area contributed by atoms with Crippen molar-refractivity contribution in [3.63, 3.8) is 0 Å². The number of aliphatic hydroxyl groups excluding tert-OH is 1. The standard InChI is InChI=1S/C62H111N11O12.C20H28N2O4/c1-25-27-28-40(15)52(75)51-56(79)65-43(26-2)58(81)67(18)33-48(74)68(19)44(29-34(3)4)55(78)66-49(38(11)12)61(84)69(20)45(30-35(5)6)54(77)63-41(16)53(76)64-42(17)57(80)70(21)46(31-36(7)8)59(82)71(22)47(32-37(9)10)60(83)72(23)50(39(13)14)62(85)73(51)24;1-4-20(2,3)17(23)18(24)22-12-6-10-16(22)19(25)26-13-7-9-15-8-5-11-21-14-15/h25,27,34-47,49-52,75H,26,28-33H2,1-24H3,(H,63,77)(H,64,76)(H,65,79)(H,66,78);5,8,11,14,16H,4,6-7,9-10,12-13H2,1-3H3/b27-25+;/t40-,41+,42-,43+,44+,45+,46+,47+,49+,50+,51+,52-;/m1./s1. The molecule has 1 aromatic rings. The Kier molecular flexibility index (Phi) is 40.9. The molecule has 0 radical (unpaired) electrons. The number of nitrogens with zero attached hydrogens (tertiary/aromatic N) is 9. The predicted octanol–water partition coefficient (Wildman–Crippen LogP) is 5.82. The Bertz CT molecular complexity index is 3320. The molecule has 13 atom stereocenters. The van der Waals surface area contributed by atoms with Crippen LogP contribution in [0.2, 0.25) is 0 Å². The zero-order valence-electron chi connectivity index (χ0n) is 71.9. The topological polar surface area (TPSA) is 355 Å². The number of amides is 12. The largest absolute Gasteiger partial charge is 0.464 e. The maximum Gasteiger partial charge on any atom is 0.328 e. The van der Waals surface area contributed by atoms with Crippen molar-refractivity contribution in [2.24, 2.45) is 46.8 Å². The molecular formula is C82H139N13O16. The Morgan fingerprint density at radius 1 is 0.595 bits per heavy atom. The van der Waals surface area contributed by atoms with Crippen LogP contribution in [-0.4, -0.2) is 274 Å². The molecule has 0 spiro atoms. The molecule has 1 aromatic heterocycles. The lowest BCUT2D eigenvalue weighted by atomic mass is 9.84. The van der Waals surface area contributed by atoms with Crippen molar-refractivity contribution < 1.29 is 77.0 Å². The fourth-order valence-corrected chi connectivity index (χ4v) is 13.6. The number of aryl methyl sites for hydroxylation is 1. The summed E-state index contributed by atoms with van der Waals surface area (Å²) < 4.78 is 5.36. The Balaban J connectivity index is 0.00000134. The van der Waals surface area contributed by atoms with E-state index < -0.39 is 185 Å². The van der Waals surface area contributed by atoms with Crippen molar-refractivity contribution >= 4 is 82.6 Å². The number of ether oxygens (including phenoxy) is 1. The molecule has 3 rings (SSSR count). The first kappa shape index (κ1) is 98.7. The summed E-state index contributed by atoms with van der Waals surface area (Å²) in [5.41, 5.74) is 0.381. The van der Waals surface area contributed by atoms with Gasteiger partial charge in [0.15, 0.2) is 0 Å². The van der Waals surface area contributed by atoms with Gasteiger partial charge in [0.1, 0.15) is 66.5 Å². The van der Waals surface area contributed by atoms with Gasteiger partial charge in [-0.3, -0.25) is 67.3 Å². The highest BCUT2D eigenvalue weighted by molar-refractivity contribution is 6.38. The summed E-state index contributed by atoms with van der Waals surface area (Å²) in [5.74, 6) is -11.1. The summed E-state index contributed by atoms with van der Waals surface area (Å²) in [7, 11) is 9.92. The molecule has 2 aliphatic heterocycles. The first-order chi connectivity index (χ1) is 51.6. The van der Waals surface area contributed by atoms with E-state index in [1.807, 2.05) is 80.5 Å². The Morgan fingerprint density at radius 2 is 1.09 bits per heavy atom. The summed E-state index contributed by atoms with van der Waals surface area (Å²) in [6, 6.07) is -9.12. The normalized spacial score (nSPS) is 24.6. The molecule has 628 valence electrons. The van der Waals surface area contributed by atoms with E-state index in [-0.39, 0.29) is 55.8 Å². The van der Waals surface area contributed by atoms with Gasteiger partial charge in [0, 0.05) is 73.7 Å². The van der Waals surface area contributed by atoms with Gasteiger partial charge in [0.25, 0.3) is 5.91 Å². The van der Waals surface area contributed by atoms with Crippen LogP contribution in [0, 0.1) is 46.8 Å². The number of rotatable bonds is 23. The van der Waals surface area contributed by atoms with E-state index in [1.165, 1.54) is 92.6 Å². The number of ketones is 1. The zero-order valence-corrected chi connectivity index (χ0v) is 71.9. The summed E-state index contributed by atoms with van der Waals surface area (Å²) >= 11 is 0. The molecule has 0 bridgehead atoms. The lowest BCUT2D eigenvalue weighted by Crippen LogP contribution is -2.63. The highest BCUT2D eigenvalue weighted by atomic mass is 16.5. The molecule has 0 aromatic carbocycles. The number of allylic oxidation sites excluding steroid dienone is 2. The maximum atomic E-state index is 15.1. The minimum atomic E-state index is -1.61. The van der Waals surface area contributed by atoms with Gasteiger partial charge in [-0.2, -0.15) is 0 Å². The van der Waals surface area contributed by atoms with Crippen LogP contribution in [0.25, 0.3) is 0 Å². The van der Waals surface area contributed by atoms with Gasteiger partial charge < -0.3 is 70.3 Å². The second kappa shape index (κ2) is 46.0. The van der Waals surface area contributed by atoms with Gasteiger partial charge in [-0.25, -0.2) is 4.79 Å². The Morgan fingerprint density at radius 3 is 1.59 bits per heavy atom. The van der Waals surface area contributed by atoms with Gasteiger partial charge in [-0.05, 0) is 144 Å². The van der Waals surface area contributed by atoms with Gasteiger partial charge in [-0.15, -0.1) is 0 Å². The smallest absolute Gasteiger partial charge is 0.328 e. The number of hydrogen-bond acceptors (Lipinski definition) is 17. The third-order valence-electron chi connectivity index (χ3n) is 21.1. The van der Waals surface area contributed by atoms with Gasteiger partial charge in [0.2, 0.25) is 70.8 Å². The molecule has 2 aliphatic rings. The van der Waals surface area contributed by atoms with Crippen LogP contribution in [0.4, 0.5) is 0 Å². The van der Waals surface area contributed by atoms with E-state index in [1.54, 1.807) is 80.8 Å². The lowest BCUT2D eigenvalue weighted by molar-refractivity contribution is -0.157. The number of carbonyl (C=O) groups excluding carboxylic acids is 14. The zero-order chi connectivity index (χ0) is 85.1. The van der Waals surface area contributed by atoms with E-state index in [0.717, 1.165) is 21.8 Å².